The van der Waals surface area contributed by atoms with Gasteiger partial charge < -0.3 is 13.2 Å². The molecule has 1 unspecified atom stereocenters. The molecule has 3 heteroatoms. The maximum absolute atomic E-state index is 8.59. The third-order valence-electron chi connectivity index (χ3n) is 9.82. The van der Waals surface area contributed by atoms with Gasteiger partial charge in [0.15, 0.2) is 0 Å². The van der Waals surface area contributed by atoms with Crippen molar-refractivity contribution < 1.29 is 25.8 Å². The first kappa shape index (κ1) is 38.4. The molecular weight excluding hydrogens is 713 g/mol. The minimum absolute atomic E-state index is 0. The van der Waals surface area contributed by atoms with Crippen molar-refractivity contribution in [2.24, 2.45) is 22.2 Å². The van der Waals surface area contributed by atoms with Gasteiger partial charge >= 0.3 is 0 Å². The van der Waals surface area contributed by atoms with E-state index in [2.05, 4.69) is 115 Å². The fourth-order valence-electron chi connectivity index (χ4n) is 9.19. The van der Waals surface area contributed by atoms with Crippen molar-refractivity contribution in [3.8, 4) is 11.1 Å². The Balaban J connectivity index is 0.000000208. The number of hydrogen-bond acceptors (Lipinski definition) is 0. The summed E-state index contributed by atoms with van der Waals surface area (Å²) in [4.78, 5) is 0. The van der Waals surface area contributed by atoms with E-state index in [4.69, 9.17) is 5.73 Å². The molecule has 0 aliphatic heterocycles. The Morgan fingerprint density at radius 1 is 0.636 bits per heavy atom. The van der Waals surface area contributed by atoms with E-state index in [9.17, 15) is 0 Å². The molecule has 3 aromatic rings. The van der Waals surface area contributed by atoms with E-state index in [1.807, 2.05) is 40.6 Å². The summed E-state index contributed by atoms with van der Waals surface area (Å²) in [7, 11) is 1.90. The van der Waals surface area contributed by atoms with E-state index < -0.39 is 0 Å². The van der Waals surface area contributed by atoms with Crippen LogP contribution in [0, 0.1) is 35.7 Å². The van der Waals surface area contributed by atoms with Crippen molar-refractivity contribution >= 4 is 15.4 Å². The van der Waals surface area contributed by atoms with E-state index in [0.717, 1.165) is 0 Å². The van der Waals surface area contributed by atoms with Gasteiger partial charge in [0.25, 0.3) is 0 Å². The predicted molar refractivity (Wildman–Crippen MR) is 192 cm³/mol. The number of benzene rings is 3. The first-order valence-corrected chi connectivity index (χ1v) is 16.4. The molecule has 8 rings (SSSR count). The van der Waals surface area contributed by atoms with Gasteiger partial charge in [-0.05, 0) is 46.6 Å². The van der Waals surface area contributed by atoms with Crippen LogP contribution in [-0.2, 0) is 25.8 Å². The zero-order valence-electron chi connectivity index (χ0n) is 28.7. The van der Waals surface area contributed by atoms with Crippen LogP contribution in [0.2, 0.25) is 0 Å². The molecule has 4 fully saturated rings. The zero-order valence-corrected chi connectivity index (χ0v) is 33.7. The van der Waals surface area contributed by atoms with E-state index >= 15 is 0 Å². The van der Waals surface area contributed by atoms with Crippen molar-refractivity contribution in [2.75, 3.05) is 0 Å². The van der Waals surface area contributed by atoms with Crippen LogP contribution >= 0.6 is 0 Å². The summed E-state index contributed by atoms with van der Waals surface area (Å²) >= 11 is 0. The quantitative estimate of drug-likeness (QED) is 0.174. The summed E-state index contributed by atoms with van der Waals surface area (Å²) in [5.74, 6) is 0.560. The molecular formula is C41H55HfNSi-3. The van der Waals surface area contributed by atoms with E-state index in [1.54, 1.807) is 0 Å². The number of rotatable bonds is 1. The van der Waals surface area contributed by atoms with Gasteiger partial charge in [0.2, 0.25) is 0 Å². The van der Waals surface area contributed by atoms with Crippen molar-refractivity contribution in [3.63, 3.8) is 0 Å². The minimum Gasteiger partial charge on any atom is -0.672 e. The maximum atomic E-state index is 8.59. The number of allylic oxidation sites excluding steroid dienone is 4. The van der Waals surface area contributed by atoms with Crippen molar-refractivity contribution in [1.82, 2.24) is 0 Å². The molecule has 44 heavy (non-hydrogen) atoms. The van der Waals surface area contributed by atoms with E-state index in [-0.39, 0.29) is 38.8 Å². The topological polar surface area (TPSA) is 23.8 Å². The second-order valence-corrected chi connectivity index (χ2v) is 15.6. The smallest absolute Gasteiger partial charge is 0.0477 e. The molecule has 0 saturated heterocycles. The van der Waals surface area contributed by atoms with Crippen LogP contribution in [0.15, 0.2) is 108 Å². The SMILES string of the molecule is CC12CC3(C)CC(C)(C1)CC([NH-])(C2)C3.CC1=[C-]C(C)C(C)=C1C.[CH3-].[Hf].[SiH2]c1ccccc1.c1ccc(-c2ccccc2)cc1. The Morgan fingerprint density at radius 2 is 0.977 bits per heavy atom. The van der Waals surface area contributed by atoms with Crippen LogP contribution in [0.5, 0.6) is 0 Å². The second kappa shape index (κ2) is 15.7. The third kappa shape index (κ3) is 10.1. The summed E-state index contributed by atoms with van der Waals surface area (Å²) in [6, 6.07) is 31.1. The van der Waals surface area contributed by atoms with Crippen molar-refractivity contribution in [2.45, 2.75) is 92.5 Å². The fraction of sp³-hybridized carbons (Fsp3) is 0.439. The Kier molecular flexibility index (Phi) is 13.7. The molecule has 0 aromatic heterocycles. The molecule has 3 aromatic carbocycles. The van der Waals surface area contributed by atoms with Gasteiger partial charge in [-0.25, -0.2) is 5.57 Å². The molecule has 1 atom stereocenters. The average Bonchev–Trinajstić information content (AvgIpc) is 3.13. The van der Waals surface area contributed by atoms with Crippen LogP contribution in [0.4, 0.5) is 0 Å². The largest absolute Gasteiger partial charge is 0.672 e. The molecule has 1 N–H and O–H groups in total. The Bertz CT molecular complexity index is 1240. The molecule has 0 heterocycles. The molecule has 1 radical (unpaired) electrons. The first-order valence-electron chi connectivity index (χ1n) is 15.7. The average molecular weight is 768 g/mol. The summed E-state index contributed by atoms with van der Waals surface area (Å²) in [5, 5.41) is 1.35. The van der Waals surface area contributed by atoms with Gasteiger partial charge in [-0.2, -0.15) is 11.1 Å². The van der Waals surface area contributed by atoms with Crippen molar-refractivity contribution in [3.05, 3.63) is 127 Å². The number of nitrogens with one attached hydrogen (secondary N) is 1. The first-order chi connectivity index (χ1) is 19.7. The summed E-state index contributed by atoms with van der Waals surface area (Å²) in [5.41, 5.74) is 16.8. The predicted octanol–water partition coefficient (Wildman–Crippen LogP) is 10.6. The Morgan fingerprint density at radius 3 is 1.18 bits per heavy atom. The second-order valence-electron chi connectivity index (χ2n) is 14.8. The molecule has 5 aliphatic rings. The molecule has 4 saturated carbocycles. The van der Waals surface area contributed by atoms with Gasteiger partial charge in [-0.1, -0.05) is 163 Å². The van der Waals surface area contributed by atoms with E-state index in [1.165, 1.54) is 71.6 Å². The molecule has 235 valence electrons. The standard InChI is InChI=1S/C13H22N.C12H10.C9H13.C6H7Si.CH3.Hf/c1-10-4-11(2)6-12(3,5-10)9-13(14,7-10)8-11;1-3-7-11(8-4-1)12-9-5-2-6-10-12;1-6-5-7(2)9(4)8(6)3;7-6-4-2-1-3-5-6;;/h14H,4-9H2,1-3H3;1-10H;6H,1-4H3;1-5H,7H2;1H3;/q-1;;-1;;-1;. The van der Waals surface area contributed by atoms with Gasteiger partial charge in [-0.15, -0.1) is 12.5 Å². The zero-order chi connectivity index (χ0) is 30.6. The minimum atomic E-state index is -0.0625. The summed E-state index contributed by atoms with van der Waals surface area (Å²) in [6.07, 6.45) is 11.0. The van der Waals surface area contributed by atoms with Gasteiger partial charge in [0, 0.05) is 36.1 Å². The molecule has 1 nitrogen and oxygen atoms in total. The van der Waals surface area contributed by atoms with Crippen molar-refractivity contribution in [1.29, 1.82) is 0 Å². The molecule has 0 spiro atoms. The Labute approximate surface area is 292 Å². The summed E-state index contributed by atoms with van der Waals surface area (Å²) < 4.78 is 0. The fourth-order valence-corrected chi connectivity index (χ4v) is 9.46. The van der Waals surface area contributed by atoms with Crippen LogP contribution in [0.3, 0.4) is 0 Å². The molecule has 0 amide bonds. The maximum Gasteiger partial charge on any atom is 0.0477 e. The van der Waals surface area contributed by atoms with Gasteiger partial charge in [0.1, 0.15) is 0 Å². The molecule has 4 bridgehead atoms. The van der Waals surface area contributed by atoms with Gasteiger partial charge in [-0.3, -0.25) is 6.08 Å². The normalized spacial score (nSPS) is 30.6. The third-order valence-corrected chi connectivity index (χ3v) is 10.3. The van der Waals surface area contributed by atoms with Crippen LogP contribution in [-0.4, -0.2) is 15.8 Å². The summed E-state index contributed by atoms with van der Waals surface area (Å²) in [6.45, 7) is 16.0. The molecule has 5 aliphatic carbocycles. The Hall–Kier alpha value is -1.81. The van der Waals surface area contributed by atoms with Crippen LogP contribution in [0.25, 0.3) is 16.9 Å². The monoisotopic (exact) mass is 769 g/mol. The number of hydrogen-bond donors (Lipinski definition) is 0. The van der Waals surface area contributed by atoms with Gasteiger partial charge in [0.05, 0.1) is 0 Å². The van der Waals surface area contributed by atoms with Crippen LogP contribution < -0.4 is 5.19 Å². The van der Waals surface area contributed by atoms with Crippen LogP contribution in [0.1, 0.15) is 87.0 Å². The van der Waals surface area contributed by atoms with E-state index in [0.29, 0.717) is 22.2 Å².